The molecule has 0 aliphatic heterocycles. The van der Waals surface area contributed by atoms with Gasteiger partial charge in [0.15, 0.2) is 11.6 Å². The van der Waals surface area contributed by atoms with Crippen molar-refractivity contribution in [3.8, 4) is 0 Å². The molecule has 42 heavy (non-hydrogen) atoms. The molecule has 0 saturated heterocycles. The molecular weight excluding hydrogens is 616 g/mol. The van der Waals surface area contributed by atoms with Crippen molar-refractivity contribution in [3.63, 3.8) is 0 Å². The molecule has 0 saturated carbocycles. The SMILES string of the molecule is CC(C)(C)C(=O)C=C([O-])C(C)(C)C.CC(C)(C)C(=O)C=C([O-])C(C)(C)C.COCCOCCOCCOCCOC.[Sr+2]. The average molecular weight is 676 g/mol. The number of hydrogen-bond acceptors (Lipinski definition) is 9. The number of methoxy groups -OCH3 is 2. The third-order valence-corrected chi connectivity index (χ3v) is 5.09. The molecule has 0 aromatic heterocycles. The number of carbonyl (C=O) groups is 2. The third-order valence-electron chi connectivity index (χ3n) is 5.09. The van der Waals surface area contributed by atoms with Gasteiger partial charge >= 0.3 is 45.5 Å². The van der Waals surface area contributed by atoms with Crippen LogP contribution in [-0.2, 0) is 33.3 Å². The summed E-state index contributed by atoms with van der Waals surface area (Å²) in [6, 6.07) is 0. The third kappa shape index (κ3) is 31.1. The molecule has 0 heterocycles. The first-order valence-electron chi connectivity index (χ1n) is 14.1. The molecule has 0 aromatic carbocycles. The van der Waals surface area contributed by atoms with E-state index in [1.807, 2.05) is 83.1 Å². The van der Waals surface area contributed by atoms with Crippen molar-refractivity contribution >= 4 is 57.0 Å². The molecule has 10 heteroatoms. The monoisotopic (exact) mass is 676 g/mol. The average Bonchev–Trinajstić information content (AvgIpc) is 2.81. The molecule has 0 atom stereocenters. The van der Waals surface area contributed by atoms with Crippen molar-refractivity contribution in [1.82, 2.24) is 0 Å². The number of carbonyl (C=O) groups excluding carboxylic acids is 2. The second kappa shape index (κ2) is 25.0. The standard InChI is InChI=1S/2C11H20O2.C10H22O5.Sr/c2*1-10(2,3)8(12)7-9(13)11(4,5)6;1-11-3-5-13-7-9-15-10-8-14-6-4-12-2;/h2*7,12H,1-6H3;3-10H2,1-2H3;/q;;;+2/p-2. The first-order valence-corrected chi connectivity index (χ1v) is 14.1. The fraction of sp³-hybridized carbons (Fsp3) is 0.812. The minimum Gasteiger partial charge on any atom is -0.875 e. The van der Waals surface area contributed by atoms with Gasteiger partial charge in [0.1, 0.15) is 0 Å². The molecule has 0 aliphatic carbocycles. The Bertz CT molecular complexity index is 699. The van der Waals surface area contributed by atoms with E-state index in [4.69, 9.17) is 23.7 Å². The summed E-state index contributed by atoms with van der Waals surface area (Å²) in [6.07, 6.45) is 2.44. The van der Waals surface area contributed by atoms with Gasteiger partial charge < -0.3 is 33.9 Å². The first kappa shape index (κ1) is 48.6. The minimum absolute atomic E-state index is 0. The van der Waals surface area contributed by atoms with Crippen molar-refractivity contribution in [2.75, 3.05) is 67.1 Å². The number of allylic oxidation sites excluding steroid dienone is 4. The largest absolute Gasteiger partial charge is 2.00 e. The predicted molar refractivity (Wildman–Crippen MR) is 166 cm³/mol. The van der Waals surface area contributed by atoms with Crippen molar-refractivity contribution in [3.05, 3.63) is 23.7 Å². The van der Waals surface area contributed by atoms with Gasteiger partial charge in [-0.25, -0.2) is 0 Å². The van der Waals surface area contributed by atoms with Gasteiger partial charge in [0.05, 0.1) is 52.9 Å². The van der Waals surface area contributed by atoms with Crippen LogP contribution in [0.4, 0.5) is 0 Å². The Labute approximate surface area is 294 Å². The van der Waals surface area contributed by atoms with E-state index in [9.17, 15) is 19.8 Å². The van der Waals surface area contributed by atoms with Crippen LogP contribution in [0.5, 0.6) is 0 Å². The Morgan fingerprint density at radius 2 is 0.690 bits per heavy atom. The summed E-state index contributed by atoms with van der Waals surface area (Å²) >= 11 is 0. The van der Waals surface area contributed by atoms with Crippen molar-refractivity contribution < 1.29 is 43.5 Å². The van der Waals surface area contributed by atoms with E-state index >= 15 is 0 Å². The minimum atomic E-state index is -0.457. The van der Waals surface area contributed by atoms with Gasteiger partial charge in [0.25, 0.3) is 0 Å². The van der Waals surface area contributed by atoms with Gasteiger partial charge in [-0.05, 0) is 23.0 Å². The molecule has 0 unspecified atom stereocenters. The molecule has 244 valence electrons. The van der Waals surface area contributed by atoms with E-state index in [0.29, 0.717) is 52.9 Å². The Balaban J connectivity index is -0.000000256. The zero-order valence-electron chi connectivity index (χ0n) is 29.2. The Morgan fingerprint density at radius 3 is 0.857 bits per heavy atom. The Hall–Kier alpha value is -0.299. The van der Waals surface area contributed by atoms with Gasteiger partial charge in [0.2, 0.25) is 0 Å². The zero-order chi connectivity index (χ0) is 32.9. The Morgan fingerprint density at radius 1 is 0.476 bits per heavy atom. The smallest absolute Gasteiger partial charge is 0.875 e. The van der Waals surface area contributed by atoms with E-state index in [1.54, 1.807) is 14.2 Å². The van der Waals surface area contributed by atoms with Crippen molar-refractivity contribution in [2.24, 2.45) is 21.7 Å². The van der Waals surface area contributed by atoms with E-state index < -0.39 is 21.7 Å². The predicted octanol–water partition coefficient (Wildman–Crippen LogP) is 3.73. The molecule has 0 fully saturated rings. The molecule has 0 spiro atoms. The molecule has 9 nitrogen and oxygen atoms in total. The molecule has 0 bridgehead atoms. The van der Waals surface area contributed by atoms with Crippen LogP contribution in [0.15, 0.2) is 23.7 Å². The van der Waals surface area contributed by atoms with Crippen LogP contribution in [0.1, 0.15) is 83.1 Å². The summed E-state index contributed by atoms with van der Waals surface area (Å²) in [5, 5.41) is 22.9. The number of ketones is 2. The molecule has 0 aromatic rings. The van der Waals surface area contributed by atoms with Crippen LogP contribution in [0.2, 0.25) is 0 Å². The number of hydrogen-bond donors (Lipinski definition) is 0. The fourth-order valence-corrected chi connectivity index (χ4v) is 1.93. The molecule has 0 N–H and O–H groups in total. The maximum absolute atomic E-state index is 11.4. The molecule has 0 aliphatic rings. The first-order chi connectivity index (χ1) is 18.5. The maximum atomic E-state index is 11.4. The van der Waals surface area contributed by atoms with Crippen molar-refractivity contribution in [1.29, 1.82) is 0 Å². The zero-order valence-corrected chi connectivity index (χ0v) is 32.7. The summed E-state index contributed by atoms with van der Waals surface area (Å²) in [5.74, 6) is -0.417. The summed E-state index contributed by atoms with van der Waals surface area (Å²) in [4.78, 5) is 22.9. The second-order valence-corrected chi connectivity index (χ2v) is 13.6. The summed E-state index contributed by atoms with van der Waals surface area (Å²) < 4.78 is 25.3. The van der Waals surface area contributed by atoms with Crippen LogP contribution in [0.3, 0.4) is 0 Å². The fourth-order valence-electron chi connectivity index (χ4n) is 1.93. The quantitative estimate of drug-likeness (QED) is 0.117. The second-order valence-electron chi connectivity index (χ2n) is 13.6. The van der Waals surface area contributed by atoms with Crippen molar-refractivity contribution in [2.45, 2.75) is 83.1 Å². The summed E-state index contributed by atoms with van der Waals surface area (Å²) in [7, 11) is 3.30. The van der Waals surface area contributed by atoms with Gasteiger partial charge in [-0.15, -0.1) is 11.5 Å². The van der Waals surface area contributed by atoms with E-state index in [1.165, 1.54) is 12.2 Å². The number of rotatable bonds is 14. The van der Waals surface area contributed by atoms with Crippen LogP contribution in [-0.4, -0.2) is 124 Å². The van der Waals surface area contributed by atoms with Gasteiger partial charge in [-0.2, -0.15) is 0 Å². The summed E-state index contributed by atoms with van der Waals surface area (Å²) in [5.41, 5.74) is -1.83. The number of ether oxygens (including phenoxy) is 5. The van der Waals surface area contributed by atoms with Gasteiger partial charge in [-0.1, -0.05) is 83.1 Å². The van der Waals surface area contributed by atoms with Gasteiger partial charge in [0, 0.05) is 25.0 Å². The van der Waals surface area contributed by atoms with E-state index in [2.05, 4.69) is 0 Å². The van der Waals surface area contributed by atoms with Crippen LogP contribution in [0.25, 0.3) is 0 Å². The maximum Gasteiger partial charge on any atom is 2.00 e. The summed E-state index contributed by atoms with van der Waals surface area (Å²) in [6.45, 7) is 26.6. The topological polar surface area (TPSA) is 126 Å². The molecule has 0 amide bonds. The molecule has 0 radical (unpaired) electrons. The van der Waals surface area contributed by atoms with E-state index in [0.717, 1.165) is 0 Å². The molecule has 0 rings (SSSR count). The van der Waals surface area contributed by atoms with E-state index in [-0.39, 0.29) is 68.6 Å². The van der Waals surface area contributed by atoms with Crippen LogP contribution >= 0.6 is 0 Å². The van der Waals surface area contributed by atoms with Gasteiger partial charge in [-0.3, -0.25) is 9.59 Å². The van der Waals surface area contributed by atoms with Crippen LogP contribution in [0, 0.1) is 21.7 Å². The van der Waals surface area contributed by atoms with Crippen LogP contribution < -0.4 is 10.2 Å². The normalized spacial score (nSPS) is 12.8. The molecular formula is C32H60O9Sr. The Kier molecular flexibility index (Phi) is 28.9.